The predicted octanol–water partition coefficient (Wildman–Crippen LogP) is 1.67. The number of nitrogens with one attached hydrogen (secondary N) is 1. The standard InChI is InChI=1S/C11H12FN3O5/c1-6(10(16)17)14(2)11(18)13-9-5-7(15(19)20)3-4-8(9)12/h3-6H,1-2H3,(H,13,18)(H,16,17). The maximum Gasteiger partial charge on any atom is 0.326 e. The highest BCUT2D eigenvalue weighted by molar-refractivity contribution is 5.92. The Bertz CT molecular complexity index is 563. The van der Waals surface area contributed by atoms with Crippen molar-refractivity contribution in [3.63, 3.8) is 0 Å². The van der Waals surface area contributed by atoms with Crippen LogP contribution in [0.25, 0.3) is 0 Å². The summed E-state index contributed by atoms with van der Waals surface area (Å²) in [5, 5.41) is 21.4. The number of nitro benzene ring substituents is 1. The Balaban J connectivity index is 2.93. The summed E-state index contributed by atoms with van der Waals surface area (Å²) in [6.45, 7) is 1.27. The minimum atomic E-state index is -1.23. The Labute approximate surface area is 113 Å². The van der Waals surface area contributed by atoms with Crippen LogP contribution >= 0.6 is 0 Å². The van der Waals surface area contributed by atoms with E-state index in [9.17, 15) is 24.1 Å². The Hall–Kier alpha value is -2.71. The molecule has 0 fully saturated rings. The minimum absolute atomic E-state index is 0.393. The van der Waals surface area contributed by atoms with Gasteiger partial charge in [0.05, 0.1) is 10.6 Å². The molecule has 8 nitrogen and oxygen atoms in total. The van der Waals surface area contributed by atoms with Crippen LogP contribution in [0.4, 0.5) is 20.6 Å². The number of nitro groups is 1. The molecule has 9 heteroatoms. The molecule has 1 rings (SSSR count). The van der Waals surface area contributed by atoms with Crippen molar-refractivity contribution in [3.05, 3.63) is 34.1 Å². The number of nitrogens with zero attached hydrogens (tertiary/aromatic N) is 2. The SMILES string of the molecule is CC(C(=O)O)N(C)C(=O)Nc1cc([N+](=O)[O-])ccc1F. The number of hydrogen-bond acceptors (Lipinski definition) is 4. The van der Waals surface area contributed by atoms with E-state index >= 15 is 0 Å². The number of halogens is 1. The molecule has 2 amide bonds. The zero-order valence-corrected chi connectivity index (χ0v) is 10.7. The Morgan fingerprint density at radius 3 is 2.60 bits per heavy atom. The molecule has 0 aliphatic carbocycles. The summed E-state index contributed by atoms with van der Waals surface area (Å²) in [6, 6.07) is 0.631. The van der Waals surface area contributed by atoms with E-state index in [0.717, 1.165) is 23.1 Å². The highest BCUT2D eigenvalue weighted by Crippen LogP contribution is 2.21. The van der Waals surface area contributed by atoms with Gasteiger partial charge in [-0.15, -0.1) is 0 Å². The summed E-state index contributed by atoms with van der Waals surface area (Å²) in [6.07, 6.45) is 0. The molecule has 0 saturated carbocycles. The fourth-order valence-electron chi connectivity index (χ4n) is 1.27. The zero-order chi connectivity index (χ0) is 15.4. The van der Waals surface area contributed by atoms with Gasteiger partial charge >= 0.3 is 12.0 Å². The highest BCUT2D eigenvalue weighted by atomic mass is 19.1. The van der Waals surface area contributed by atoms with Crippen LogP contribution in [0.15, 0.2) is 18.2 Å². The minimum Gasteiger partial charge on any atom is -0.480 e. The lowest BCUT2D eigenvalue weighted by Crippen LogP contribution is -2.42. The van der Waals surface area contributed by atoms with Crippen LogP contribution in [0.5, 0.6) is 0 Å². The molecule has 0 bridgehead atoms. The predicted molar refractivity (Wildman–Crippen MR) is 66.9 cm³/mol. The first-order valence-corrected chi connectivity index (χ1v) is 5.44. The van der Waals surface area contributed by atoms with Gasteiger partial charge in [-0.05, 0) is 13.0 Å². The summed E-state index contributed by atoms with van der Waals surface area (Å²) < 4.78 is 13.4. The molecule has 0 saturated heterocycles. The second kappa shape index (κ2) is 5.95. The van der Waals surface area contributed by atoms with Gasteiger partial charge in [-0.3, -0.25) is 10.1 Å². The van der Waals surface area contributed by atoms with Crippen LogP contribution in [0.2, 0.25) is 0 Å². The molecule has 2 N–H and O–H groups in total. The molecule has 108 valence electrons. The van der Waals surface area contributed by atoms with E-state index in [0.29, 0.717) is 0 Å². The van der Waals surface area contributed by atoms with Crippen molar-refractivity contribution in [1.29, 1.82) is 0 Å². The molecule has 20 heavy (non-hydrogen) atoms. The lowest BCUT2D eigenvalue weighted by molar-refractivity contribution is -0.384. The van der Waals surface area contributed by atoms with E-state index in [2.05, 4.69) is 5.32 Å². The van der Waals surface area contributed by atoms with E-state index < -0.39 is 40.2 Å². The number of non-ortho nitro benzene ring substituents is 1. The van der Waals surface area contributed by atoms with Crippen LogP contribution in [-0.2, 0) is 4.79 Å². The number of carboxylic acid groups (broad SMARTS) is 1. The van der Waals surface area contributed by atoms with Crippen molar-refractivity contribution in [2.24, 2.45) is 0 Å². The molecule has 0 aliphatic heterocycles. The number of likely N-dealkylation sites (N-methyl/N-ethyl adjacent to an activating group) is 1. The quantitative estimate of drug-likeness (QED) is 0.645. The monoisotopic (exact) mass is 285 g/mol. The van der Waals surface area contributed by atoms with Crippen molar-refractivity contribution in [2.45, 2.75) is 13.0 Å². The highest BCUT2D eigenvalue weighted by Gasteiger charge is 2.23. The van der Waals surface area contributed by atoms with Crippen LogP contribution in [0.3, 0.4) is 0 Å². The maximum atomic E-state index is 13.4. The Morgan fingerprint density at radius 1 is 1.50 bits per heavy atom. The summed E-state index contributed by atoms with van der Waals surface area (Å²) in [5.41, 5.74) is -0.788. The number of urea groups is 1. The second-order valence-electron chi connectivity index (χ2n) is 3.98. The third kappa shape index (κ3) is 3.40. The third-order valence-electron chi connectivity index (χ3n) is 2.66. The molecule has 1 aromatic rings. The first-order valence-electron chi connectivity index (χ1n) is 5.44. The van der Waals surface area contributed by atoms with Crippen molar-refractivity contribution in [1.82, 2.24) is 4.90 Å². The summed E-state index contributed by atoms with van der Waals surface area (Å²) >= 11 is 0. The van der Waals surface area contributed by atoms with Crippen LogP contribution in [0, 0.1) is 15.9 Å². The number of amides is 2. The van der Waals surface area contributed by atoms with Gasteiger partial charge in [0.1, 0.15) is 11.9 Å². The van der Waals surface area contributed by atoms with Crippen molar-refractivity contribution in [2.75, 3.05) is 12.4 Å². The smallest absolute Gasteiger partial charge is 0.326 e. The number of rotatable bonds is 4. The fraction of sp³-hybridized carbons (Fsp3) is 0.273. The van der Waals surface area contributed by atoms with E-state index in [1.54, 1.807) is 0 Å². The molecule has 1 aromatic carbocycles. The van der Waals surface area contributed by atoms with E-state index in [4.69, 9.17) is 5.11 Å². The fourth-order valence-corrected chi connectivity index (χ4v) is 1.27. The summed E-state index contributed by atoms with van der Waals surface area (Å²) in [5.74, 6) is -2.09. The lowest BCUT2D eigenvalue weighted by atomic mass is 10.2. The molecule has 0 aromatic heterocycles. The first kappa shape index (κ1) is 15.3. The molecule has 0 aliphatic rings. The van der Waals surface area contributed by atoms with Gasteiger partial charge in [-0.1, -0.05) is 0 Å². The largest absolute Gasteiger partial charge is 0.480 e. The zero-order valence-electron chi connectivity index (χ0n) is 10.7. The molecule has 1 unspecified atom stereocenters. The van der Waals surface area contributed by atoms with Gasteiger partial charge in [0.25, 0.3) is 5.69 Å². The summed E-state index contributed by atoms with van der Waals surface area (Å²) in [7, 11) is 1.21. The number of anilines is 1. The molecule has 1 atom stereocenters. The maximum absolute atomic E-state index is 13.4. The molecule has 0 radical (unpaired) electrons. The number of benzene rings is 1. The first-order chi connectivity index (χ1) is 9.23. The number of carbonyl (C=O) groups is 2. The molecule has 0 spiro atoms. The van der Waals surface area contributed by atoms with E-state index in [1.165, 1.54) is 14.0 Å². The van der Waals surface area contributed by atoms with Crippen LogP contribution in [0.1, 0.15) is 6.92 Å². The number of carbonyl (C=O) groups excluding carboxylic acids is 1. The van der Waals surface area contributed by atoms with E-state index in [1.807, 2.05) is 0 Å². The van der Waals surface area contributed by atoms with Gasteiger partial charge in [-0.25, -0.2) is 14.0 Å². The normalized spacial score (nSPS) is 11.6. The lowest BCUT2D eigenvalue weighted by Gasteiger charge is -2.21. The second-order valence-corrected chi connectivity index (χ2v) is 3.98. The number of hydrogen-bond donors (Lipinski definition) is 2. The van der Waals surface area contributed by atoms with Gasteiger partial charge in [-0.2, -0.15) is 0 Å². The third-order valence-corrected chi connectivity index (χ3v) is 2.66. The van der Waals surface area contributed by atoms with Crippen LogP contribution < -0.4 is 5.32 Å². The molecule has 0 heterocycles. The van der Waals surface area contributed by atoms with Gasteiger partial charge in [0, 0.05) is 19.2 Å². The number of carboxylic acids is 1. The molecular formula is C11H12FN3O5. The topological polar surface area (TPSA) is 113 Å². The molecular weight excluding hydrogens is 273 g/mol. The van der Waals surface area contributed by atoms with Gasteiger partial charge < -0.3 is 15.3 Å². The summed E-state index contributed by atoms with van der Waals surface area (Å²) in [4.78, 5) is 33.1. The van der Waals surface area contributed by atoms with Crippen LogP contribution in [-0.4, -0.2) is 40.0 Å². The van der Waals surface area contributed by atoms with Crippen molar-refractivity contribution >= 4 is 23.4 Å². The average Bonchev–Trinajstić information content (AvgIpc) is 2.38. The Kier molecular flexibility index (Phi) is 4.57. The Morgan fingerprint density at radius 2 is 2.10 bits per heavy atom. The van der Waals surface area contributed by atoms with Gasteiger partial charge in [0.2, 0.25) is 0 Å². The number of aliphatic carboxylic acids is 1. The van der Waals surface area contributed by atoms with Crippen molar-refractivity contribution in [3.8, 4) is 0 Å². The van der Waals surface area contributed by atoms with Gasteiger partial charge in [0.15, 0.2) is 0 Å². The van der Waals surface area contributed by atoms with E-state index in [-0.39, 0.29) is 0 Å². The average molecular weight is 285 g/mol. The van der Waals surface area contributed by atoms with Crippen molar-refractivity contribution < 1.29 is 24.0 Å².